The molecule has 4 rings (SSSR count). The average molecular weight is 413 g/mol. The summed E-state index contributed by atoms with van der Waals surface area (Å²) in [5.74, 6) is 0.615. The molecule has 0 radical (unpaired) electrons. The zero-order chi connectivity index (χ0) is 20.9. The molecule has 0 aromatic heterocycles. The van der Waals surface area contributed by atoms with E-state index in [1.165, 1.54) is 29.8 Å². The number of hydrogen-bond donors (Lipinski definition) is 0. The van der Waals surface area contributed by atoms with E-state index < -0.39 is 0 Å². The number of piperidine rings is 2. The molecule has 2 aromatic rings. The summed E-state index contributed by atoms with van der Waals surface area (Å²) in [7, 11) is 0. The van der Waals surface area contributed by atoms with Gasteiger partial charge in [0, 0.05) is 25.6 Å². The summed E-state index contributed by atoms with van der Waals surface area (Å²) in [6.07, 6.45) is 4.80. The number of carbonyl (C=O) groups excluding carboxylic acids is 1. The molecule has 0 spiro atoms. The zero-order valence-corrected chi connectivity index (χ0v) is 17.4. The van der Waals surface area contributed by atoms with Crippen molar-refractivity contribution in [2.45, 2.75) is 38.6 Å². The van der Waals surface area contributed by atoms with Crippen molar-refractivity contribution >= 4 is 5.91 Å². The fourth-order valence-corrected chi connectivity index (χ4v) is 4.76. The number of halogens is 2. The van der Waals surface area contributed by atoms with E-state index in [4.69, 9.17) is 0 Å². The molecule has 2 aromatic carbocycles. The van der Waals surface area contributed by atoms with Crippen molar-refractivity contribution in [2.75, 3.05) is 26.2 Å². The third kappa shape index (κ3) is 5.45. The predicted octanol–water partition coefficient (Wildman–Crippen LogP) is 4.66. The molecule has 0 bridgehead atoms. The molecular formula is C25H30F2N2O. The van der Waals surface area contributed by atoms with Crippen LogP contribution in [0.2, 0.25) is 0 Å². The molecule has 0 saturated carbocycles. The fourth-order valence-electron chi connectivity index (χ4n) is 4.76. The SMILES string of the molecule is O=C(C1CCN(Cc2ccc(F)cc2)CC1)N1CCC(Cc2ccc(F)cc2)CC1. The number of benzene rings is 2. The maximum absolute atomic E-state index is 13.1. The van der Waals surface area contributed by atoms with Gasteiger partial charge in [-0.25, -0.2) is 8.78 Å². The van der Waals surface area contributed by atoms with Crippen LogP contribution in [-0.4, -0.2) is 41.9 Å². The molecule has 1 amide bonds. The molecule has 2 fully saturated rings. The number of amides is 1. The van der Waals surface area contributed by atoms with Crippen molar-refractivity contribution in [3.05, 3.63) is 71.3 Å². The van der Waals surface area contributed by atoms with Gasteiger partial charge in [0.2, 0.25) is 5.91 Å². The van der Waals surface area contributed by atoms with Crippen LogP contribution in [0.5, 0.6) is 0 Å². The smallest absolute Gasteiger partial charge is 0.225 e. The molecule has 2 saturated heterocycles. The van der Waals surface area contributed by atoms with E-state index in [0.29, 0.717) is 11.8 Å². The topological polar surface area (TPSA) is 23.6 Å². The Morgan fingerprint density at radius 1 is 0.767 bits per heavy atom. The van der Waals surface area contributed by atoms with Crippen molar-refractivity contribution in [3.8, 4) is 0 Å². The van der Waals surface area contributed by atoms with E-state index >= 15 is 0 Å². The second kappa shape index (κ2) is 9.69. The lowest BCUT2D eigenvalue weighted by molar-refractivity contribution is -0.138. The first-order valence-electron chi connectivity index (χ1n) is 11.1. The minimum absolute atomic E-state index is 0.128. The van der Waals surface area contributed by atoms with E-state index in [0.717, 1.165) is 70.4 Å². The first kappa shape index (κ1) is 21.0. The summed E-state index contributed by atoms with van der Waals surface area (Å²) in [5, 5.41) is 0. The Labute approximate surface area is 177 Å². The van der Waals surface area contributed by atoms with Gasteiger partial charge in [-0.05, 0) is 86.5 Å². The minimum atomic E-state index is -0.204. The van der Waals surface area contributed by atoms with Gasteiger partial charge in [-0.2, -0.15) is 0 Å². The monoisotopic (exact) mass is 412 g/mol. The van der Waals surface area contributed by atoms with E-state index in [1.807, 2.05) is 24.3 Å². The molecule has 5 heteroatoms. The average Bonchev–Trinajstić information content (AvgIpc) is 2.77. The summed E-state index contributed by atoms with van der Waals surface area (Å²) in [6.45, 7) is 4.31. The molecule has 0 aliphatic carbocycles. The second-order valence-corrected chi connectivity index (χ2v) is 8.78. The number of likely N-dealkylation sites (tertiary alicyclic amines) is 2. The van der Waals surface area contributed by atoms with E-state index in [9.17, 15) is 13.6 Å². The Morgan fingerprint density at radius 3 is 1.87 bits per heavy atom. The van der Waals surface area contributed by atoms with Crippen molar-refractivity contribution < 1.29 is 13.6 Å². The van der Waals surface area contributed by atoms with Gasteiger partial charge in [-0.3, -0.25) is 9.69 Å². The highest BCUT2D eigenvalue weighted by Crippen LogP contribution is 2.26. The van der Waals surface area contributed by atoms with E-state index in [-0.39, 0.29) is 17.6 Å². The van der Waals surface area contributed by atoms with Crippen molar-refractivity contribution in [1.29, 1.82) is 0 Å². The molecule has 0 unspecified atom stereocenters. The highest BCUT2D eigenvalue weighted by molar-refractivity contribution is 5.79. The predicted molar refractivity (Wildman–Crippen MR) is 114 cm³/mol. The number of rotatable bonds is 5. The largest absolute Gasteiger partial charge is 0.342 e. The first-order valence-corrected chi connectivity index (χ1v) is 11.1. The molecule has 3 nitrogen and oxygen atoms in total. The van der Waals surface area contributed by atoms with Gasteiger partial charge in [0.1, 0.15) is 11.6 Å². The van der Waals surface area contributed by atoms with Crippen molar-refractivity contribution in [3.63, 3.8) is 0 Å². The Morgan fingerprint density at radius 2 is 1.30 bits per heavy atom. The van der Waals surface area contributed by atoms with Crippen molar-refractivity contribution in [2.24, 2.45) is 11.8 Å². The fraction of sp³-hybridized carbons (Fsp3) is 0.480. The van der Waals surface area contributed by atoms with Crippen molar-refractivity contribution in [1.82, 2.24) is 9.80 Å². The Kier molecular flexibility index (Phi) is 6.78. The molecule has 0 N–H and O–H groups in total. The van der Waals surface area contributed by atoms with Gasteiger partial charge in [-0.15, -0.1) is 0 Å². The minimum Gasteiger partial charge on any atom is -0.342 e. The van der Waals surface area contributed by atoms with Crippen LogP contribution in [0.3, 0.4) is 0 Å². The van der Waals surface area contributed by atoms with Crippen LogP contribution < -0.4 is 0 Å². The Bertz CT molecular complexity index is 752. The summed E-state index contributed by atoms with van der Waals surface area (Å²) in [4.78, 5) is 17.4. The molecule has 2 aliphatic rings. The molecule has 2 aliphatic heterocycles. The van der Waals surface area contributed by atoms with Gasteiger partial charge in [0.05, 0.1) is 0 Å². The summed E-state index contributed by atoms with van der Waals surface area (Å²) >= 11 is 0. The molecular weight excluding hydrogens is 382 g/mol. The highest BCUT2D eigenvalue weighted by Gasteiger charge is 2.30. The molecule has 0 atom stereocenters. The first-order chi connectivity index (χ1) is 14.6. The lowest BCUT2D eigenvalue weighted by Crippen LogP contribution is -2.45. The quantitative estimate of drug-likeness (QED) is 0.713. The molecule has 30 heavy (non-hydrogen) atoms. The number of hydrogen-bond acceptors (Lipinski definition) is 2. The maximum atomic E-state index is 13.1. The Balaban J connectivity index is 1.20. The lowest BCUT2D eigenvalue weighted by Gasteiger charge is -2.37. The standard InChI is InChI=1S/C25H30F2N2O/c26-23-5-1-19(2-6-23)17-20-9-15-29(16-10-20)25(30)22-11-13-28(14-12-22)18-21-3-7-24(27)8-4-21/h1-8,20,22H,9-18H2. The number of carbonyl (C=O) groups is 1. The van der Waals surface area contributed by atoms with Gasteiger partial charge >= 0.3 is 0 Å². The lowest BCUT2D eigenvalue weighted by atomic mass is 9.88. The van der Waals surface area contributed by atoms with Crippen LogP contribution in [-0.2, 0) is 17.8 Å². The van der Waals surface area contributed by atoms with Gasteiger partial charge in [0.25, 0.3) is 0 Å². The van der Waals surface area contributed by atoms with E-state index in [2.05, 4.69) is 9.80 Å². The van der Waals surface area contributed by atoms with Crippen LogP contribution >= 0.6 is 0 Å². The normalized spacial score (nSPS) is 19.2. The van der Waals surface area contributed by atoms with Crippen LogP contribution in [0.25, 0.3) is 0 Å². The van der Waals surface area contributed by atoms with Crippen LogP contribution in [0.15, 0.2) is 48.5 Å². The van der Waals surface area contributed by atoms with Gasteiger partial charge < -0.3 is 4.90 Å². The van der Waals surface area contributed by atoms with E-state index in [1.54, 1.807) is 0 Å². The summed E-state index contributed by atoms with van der Waals surface area (Å²) in [5.41, 5.74) is 2.29. The van der Waals surface area contributed by atoms with Crippen LogP contribution in [0, 0.1) is 23.5 Å². The van der Waals surface area contributed by atoms with Crippen LogP contribution in [0.4, 0.5) is 8.78 Å². The Hall–Kier alpha value is -2.27. The summed E-state index contributed by atoms with van der Waals surface area (Å²) < 4.78 is 26.1. The van der Waals surface area contributed by atoms with Gasteiger partial charge in [0.15, 0.2) is 0 Å². The maximum Gasteiger partial charge on any atom is 0.225 e. The number of nitrogens with zero attached hydrogens (tertiary/aromatic N) is 2. The second-order valence-electron chi connectivity index (χ2n) is 8.78. The highest BCUT2D eigenvalue weighted by atomic mass is 19.1. The van der Waals surface area contributed by atoms with Gasteiger partial charge in [-0.1, -0.05) is 24.3 Å². The zero-order valence-electron chi connectivity index (χ0n) is 17.4. The third-order valence-electron chi connectivity index (χ3n) is 6.62. The van der Waals surface area contributed by atoms with Crippen LogP contribution in [0.1, 0.15) is 36.8 Å². The molecule has 160 valence electrons. The molecule has 2 heterocycles. The third-order valence-corrected chi connectivity index (χ3v) is 6.62. The summed E-state index contributed by atoms with van der Waals surface area (Å²) in [6, 6.07) is 13.5.